The SMILES string of the molecule is CN(C)C(C(=O)N1CCCC(C(=O)c2ccc(Cl)cc2)C1)c1ccccc1. The van der Waals surface area contributed by atoms with E-state index in [0.29, 0.717) is 23.7 Å². The summed E-state index contributed by atoms with van der Waals surface area (Å²) in [6.07, 6.45) is 1.65. The van der Waals surface area contributed by atoms with E-state index in [0.717, 1.165) is 18.4 Å². The van der Waals surface area contributed by atoms with Gasteiger partial charge in [-0.15, -0.1) is 0 Å². The van der Waals surface area contributed by atoms with Crippen molar-refractivity contribution < 1.29 is 9.59 Å². The van der Waals surface area contributed by atoms with Gasteiger partial charge in [0.15, 0.2) is 5.78 Å². The maximum atomic E-state index is 13.2. The minimum Gasteiger partial charge on any atom is -0.340 e. The van der Waals surface area contributed by atoms with E-state index in [9.17, 15) is 9.59 Å². The lowest BCUT2D eigenvalue weighted by Crippen LogP contribution is -2.46. The topological polar surface area (TPSA) is 40.6 Å². The van der Waals surface area contributed by atoms with E-state index in [2.05, 4.69) is 0 Å². The fraction of sp³-hybridized carbons (Fsp3) is 0.364. The van der Waals surface area contributed by atoms with Gasteiger partial charge in [-0.25, -0.2) is 0 Å². The Labute approximate surface area is 165 Å². The lowest BCUT2D eigenvalue weighted by molar-refractivity contribution is -0.137. The van der Waals surface area contributed by atoms with E-state index >= 15 is 0 Å². The van der Waals surface area contributed by atoms with Gasteiger partial charge < -0.3 is 4.90 Å². The number of piperidine rings is 1. The highest BCUT2D eigenvalue weighted by Crippen LogP contribution is 2.26. The first kappa shape index (κ1) is 19.6. The van der Waals surface area contributed by atoms with Crippen LogP contribution in [0.5, 0.6) is 0 Å². The second kappa shape index (κ2) is 8.68. The number of Topliss-reactive ketones (excluding diaryl/α,β-unsaturated/α-hetero) is 1. The van der Waals surface area contributed by atoms with Crippen LogP contribution in [-0.4, -0.2) is 48.7 Å². The molecular formula is C22H25ClN2O2. The van der Waals surface area contributed by atoms with Crippen LogP contribution in [-0.2, 0) is 4.79 Å². The summed E-state index contributed by atoms with van der Waals surface area (Å²) in [6, 6.07) is 16.4. The van der Waals surface area contributed by atoms with Gasteiger partial charge in [-0.1, -0.05) is 41.9 Å². The molecule has 0 aliphatic carbocycles. The summed E-state index contributed by atoms with van der Waals surface area (Å²) < 4.78 is 0. The first-order valence-corrected chi connectivity index (χ1v) is 9.65. The Balaban J connectivity index is 1.75. The van der Waals surface area contributed by atoms with Crippen LogP contribution in [0.15, 0.2) is 54.6 Å². The van der Waals surface area contributed by atoms with Gasteiger partial charge in [0.1, 0.15) is 6.04 Å². The zero-order chi connectivity index (χ0) is 19.4. The highest BCUT2D eigenvalue weighted by atomic mass is 35.5. The zero-order valence-electron chi connectivity index (χ0n) is 15.8. The van der Waals surface area contributed by atoms with Crippen LogP contribution in [0, 0.1) is 5.92 Å². The number of amides is 1. The molecule has 0 saturated carbocycles. The molecule has 0 aromatic heterocycles. The number of ketones is 1. The van der Waals surface area contributed by atoms with Crippen molar-refractivity contribution in [2.24, 2.45) is 5.92 Å². The number of carbonyl (C=O) groups is 2. The molecule has 0 radical (unpaired) electrons. The van der Waals surface area contributed by atoms with Crippen LogP contribution in [0.3, 0.4) is 0 Å². The van der Waals surface area contributed by atoms with Crippen molar-refractivity contribution >= 4 is 23.3 Å². The summed E-state index contributed by atoms with van der Waals surface area (Å²) in [5.74, 6) is -0.0208. The molecule has 2 aromatic rings. The number of nitrogens with zero attached hydrogens (tertiary/aromatic N) is 2. The molecule has 0 spiro atoms. The molecule has 0 N–H and O–H groups in total. The molecule has 4 nitrogen and oxygen atoms in total. The van der Waals surface area contributed by atoms with E-state index in [4.69, 9.17) is 11.6 Å². The number of hydrogen-bond donors (Lipinski definition) is 0. The summed E-state index contributed by atoms with van der Waals surface area (Å²) in [7, 11) is 3.83. The third kappa shape index (κ3) is 4.57. The van der Waals surface area contributed by atoms with E-state index in [-0.39, 0.29) is 23.7 Å². The first-order valence-electron chi connectivity index (χ1n) is 9.27. The summed E-state index contributed by atoms with van der Waals surface area (Å²) in [5.41, 5.74) is 1.63. The van der Waals surface area contributed by atoms with Crippen molar-refractivity contribution in [3.05, 3.63) is 70.7 Å². The van der Waals surface area contributed by atoms with Crippen LogP contribution in [0.2, 0.25) is 5.02 Å². The van der Waals surface area contributed by atoms with E-state index in [1.54, 1.807) is 24.3 Å². The lowest BCUT2D eigenvalue weighted by Gasteiger charge is -2.36. The molecule has 1 aliphatic heterocycles. The normalized spacial score (nSPS) is 18.4. The lowest BCUT2D eigenvalue weighted by atomic mass is 9.89. The molecule has 1 fully saturated rings. The summed E-state index contributed by atoms with van der Waals surface area (Å²) in [4.78, 5) is 29.9. The first-order chi connectivity index (χ1) is 13.0. The fourth-order valence-corrected chi connectivity index (χ4v) is 3.84. The zero-order valence-corrected chi connectivity index (χ0v) is 16.5. The Morgan fingerprint density at radius 1 is 1.07 bits per heavy atom. The third-order valence-corrected chi connectivity index (χ3v) is 5.35. The van der Waals surface area contributed by atoms with Crippen molar-refractivity contribution in [1.29, 1.82) is 0 Å². The minimum atomic E-state index is -0.337. The predicted molar refractivity (Wildman–Crippen MR) is 108 cm³/mol. The van der Waals surface area contributed by atoms with Crippen molar-refractivity contribution in [3.63, 3.8) is 0 Å². The standard InChI is InChI=1S/C22H25ClN2O2/c1-24(2)20(16-7-4-3-5-8-16)22(27)25-14-6-9-18(15-25)21(26)17-10-12-19(23)13-11-17/h3-5,7-8,10-13,18,20H,6,9,14-15H2,1-2H3. The molecule has 0 bridgehead atoms. The number of hydrogen-bond acceptors (Lipinski definition) is 3. The molecule has 3 rings (SSSR count). The Bertz CT molecular complexity index is 790. The van der Waals surface area contributed by atoms with Crippen LogP contribution in [0.25, 0.3) is 0 Å². The maximum absolute atomic E-state index is 13.2. The van der Waals surface area contributed by atoms with Gasteiger partial charge in [0, 0.05) is 29.6 Å². The Kier molecular flexibility index (Phi) is 6.30. The highest BCUT2D eigenvalue weighted by molar-refractivity contribution is 6.30. The van der Waals surface area contributed by atoms with Gasteiger partial charge in [-0.2, -0.15) is 0 Å². The molecule has 1 heterocycles. The van der Waals surface area contributed by atoms with E-state index in [1.807, 2.05) is 54.2 Å². The molecule has 5 heteroatoms. The second-order valence-corrected chi connectivity index (χ2v) is 7.71. The summed E-state index contributed by atoms with van der Waals surface area (Å²) in [5, 5.41) is 0.615. The quantitative estimate of drug-likeness (QED) is 0.730. The number of carbonyl (C=O) groups excluding carboxylic acids is 2. The second-order valence-electron chi connectivity index (χ2n) is 7.27. The van der Waals surface area contributed by atoms with Gasteiger partial charge >= 0.3 is 0 Å². The number of likely N-dealkylation sites (N-methyl/N-ethyl adjacent to an activating group) is 1. The van der Waals surface area contributed by atoms with Crippen LogP contribution >= 0.6 is 11.6 Å². The smallest absolute Gasteiger partial charge is 0.244 e. The highest BCUT2D eigenvalue weighted by Gasteiger charge is 2.33. The molecule has 2 aromatic carbocycles. The summed E-state index contributed by atoms with van der Waals surface area (Å²) >= 11 is 5.92. The number of benzene rings is 2. The van der Waals surface area contributed by atoms with Crippen LogP contribution in [0.4, 0.5) is 0 Å². The van der Waals surface area contributed by atoms with Crippen molar-refractivity contribution in [3.8, 4) is 0 Å². The van der Waals surface area contributed by atoms with Crippen molar-refractivity contribution in [2.45, 2.75) is 18.9 Å². The maximum Gasteiger partial charge on any atom is 0.244 e. The molecule has 27 heavy (non-hydrogen) atoms. The van der Waals surface area contributed by atoms with Gasteiger partial charge in [0.05, 0.1) is 0 Å². The van der Waals surface area contributed by atoms with Crippen LogP contribution in [0.1, 0.15) is 34.8 Å². The average molecular weight is 385 g/mol. The van der Waals surface area contributed by atoms with E-state index < -0.39 is 0 Å². The Morgan fingerprint density at radius 3 is 2.37 bits per heavy atom. The Morgan fingerprint density at radius 2 is 1.74 bits per heavy atom. The predicted octanol–water partition coefficient (Wildman–Crippen LogP) is 4.06. The number of halogens is 1. The minimum absolute atomic E-state index is 0.0554. The van der Waals surface area contributed by atoms with Gasteiger partial charge in [-0.3, -0.25) is 14.5 Å². The van der Waals surface area contributed by atoms with Crippen molar-refractivity contribution in [2.75, 3.05) is 27.2 Å². The molecule has 2 atom stereocenters. The van der Waals surface area contributed by atoms with Gasteiger partial charge in [0.2, 0.25) is 5.91 Å². The average Bonchev–Trinajstić information content (AvgIpc) is 2.69. The Hall–Kier alpha value is -2.17. The monoisotopic (exact) mass is 384 g/mol. The van der Waals surface area contributed by atoms with E-state index in [1.165, 1.54) is 0 Å². The number of rotatable bonds is 5. The molecule has 1 saturated heterocycles. The molecular weight excluding hydrogens is 360 g/mol. The van der Waals surface area contributed by atoms with Crippen LogP contribution < -0.4 is 0 Å². The molecule has 2 unspecified atom stereocenters. The van der Waals surface area contributed by atoms with Gasteiger partial charge in [-0.05, 0) is 56.8 Å². The molecule has 1 amide bonds. The molecule has 1 aliphatic rings. The van der Waals surface area contributed by atoms with Gasteiger partial charge in [0.25, 0.3) is 0 Å². The fourth-order valence-electron chi connectivity index (χ4n) is 3.71. The van der Waals surface area contributed by atoms with Crippen molar-refractivity contribution in [1.82, 2.24) is 9.80 Å². The largest absolute Gasteiger partial charge is 0.340 e. The number of likely N-dealkylation sites (tertiary alicyclic amines) is 1. The molecule has 142 valence electrons. The third-order valence-electron chi connectivity index (χ3n) is 5.10. The summed E-state index contributed by atoms with van der Waals surface area (Å²) in [6.45, 7) is 1.16.